The molecule has 0 saturated carbocycles. The number of benzene rings is 2. The first kappa shape index (κ1) is 22.7. The van der Waals surface area contributed by atoms with E-state index in [2.05, 4.69) is 35.6 Å². The van der Waals surface area contributed by atoms with Crippen LogP contribution >= 0.6 is 0 Å². The van der Waals surface area contributed by atoms with Gasteiger partial charge < -0.3 is 14.7 Å². The number of halogens is 1. The minimum atomic E-state index is -1.01. The van der Waals surface area contributed by atoms with Gasteiger partial charge in [0, 0.05) is 24.1 Å². The van der Waals surface area contributed by atoms with Crippen molar-refractivity contribution >= 4 is 17.4 Å². The molecule has 1 aliphatic heterocycles. The maximum absolute atomic E-state index is 13.5. The molecule has 2 aromatic rings. The highest BCUT2D eigenvalue weighted by Crippen LogP contribution is 2.46. The van der Waals surface area contributed by atoms with Crippen molar-refractivity contribution in [2.45, 2.75) is 50.8 Å². The topological polar surface area (TPSA) is 66.8 Å². The van der Waals surface area contributed by atoms with Crippen LogP contribution < -0.4 is 4.90 Å². The van der Waals surface area contributed by atoms with E-state index in [9.17, 15) is 19.1 Å². The second-order valence-corrected chi connectivity index (χ2v) is 8.03. The van der Waals surface area contributed by atoms with Crippen molar-refractivity contribution in [2.75, 3.05) is 12.0 Å². The number of Topliss-reactive ketones (excluding diaryl/α,β-unsaturated/α-hetero) is 1. The number of anilines is 1. The molecule has 6 heteroatoms. The lowest BCUT2D eigenvalue weighted by Gasteiger charge is -2.32. The Morgan fingerprint density at radius 2 is 1.84 bits per heavy atom. The number of hydrogen-bond acceptors (Lipinski definition) is 5. The summed E-state index contributed by atoms with van der Waals surface area (Å²) in [7, 11) is 1.22. The Bertz CT molecular complexity index is 954. The van der Waals surface area contributed by atoms with Crippen LogP contribution in [0.25, 0.3) is 0 Å². The SMILES string of the molecule is COC(=O)CC(=O)C[C@@H](O)/C=C/[C@@H]1[C@@H](c2ccc(F)cc2)c2ccccc2N1C(C)C. The summed E-state index contributed by atoms with van der Waals surface area (Å²) in [6, 6.07) is 14.7. The third-order valence-corrected chi connectivity index (χ3v) is 5.53. The van der Waals surface area contributed by atoms with Crippen molar-refractivity contribution < 1.29 is 23.8 Å². The zero-order valence-corrected chi connectivity index (χ0v) is 18.0. The maximum atomic E-state index is 13.5. The lowest BCUT2D eigenvalue weighted by Crippen LogP contribution is -2.38. The minimum absolute atomic E-state index is 0.0478. The monoisotopic (exact) mass is 425 g/mol. The summed E-state index contributed by atoms with van der Waals surface area (Å²) in [6.07, 6.45) is 1.99. The maximum Gasteiger partial charge on any atom is 0.313 e. The van der Waals surface area contributed by atoms with E-state index < -0.39 is 12.1 Å². The van der Waals surface area contributed by atoms with Gasteiger partial charge >= 0.3 is 5.97 Å². The van der Waals surface area contributed by atoms with E-state index in [4.69, 9.17) is 0 Å². The van der Waals surface area contributed by atoms with Gasteiger partial charge in [-0.2, -0.15) is 0 Å². The van der Waals surface area contributed by atoms with E-state index in [0.29, 0.717) is 0 Å². The third kappa shape index (κ3) is 5.20. The van der Waals surface area contributed by atoms with E-state index >= 15 is 0 Å². The first-order valence-electron chi connectivity index (χ1n) is 10.4. The second kappa shape index (κ2) is 9.88. The molecule has 1 aliphatic rings. The minimum Gasteiger partial charge on any atom is -0.469 e. The summed E-state index contributed by atoms with van der Waals surface area (Å²) in [4.78, 5) is 25.5. The third-order valence-electron chi connectivity index (χ3n) is 5.53. The summed E-state index contributed by atoms with van der Waals surface area (Å²) >= 11 is 0. The van der Waals surface area contributed by atoms with Gasteiger partial charge in [0.2, 0.25) is 0 Å². The van der Waals surface area contributed by atoms with Crippen LogP contribution in [-0.4, -0.2) is 42.2 Å². The number of hydrogen-bond donors (Lipinski definition) is 1. The highest BCUT2D eigenvalue weighted by atomic mass is 19.1. The van der Waals surface area contributed by atoms with Crippen LogP contribution in [-0.2, 0) is 14.3 Å². The van der Waals surface area contributed by atoms with Crippen molar-refractivity contribution in [2.24, 2.45) is 0 Å². The Morgan fingerprint density at radius 3 is 2.48 bits per heavy atom. The number of ketones is 1. The molecule has 0 unspecified atom stereocenters. The summed E-state index contributed by atoms with van der Waals surface area (Å²) in [5, 5.41) is 10.4. The molecule has 0 radical (unpaired) electrons. The molecule has 0 aliphatic carbocycles. The molecule has 0 fully saturated rings. The van der Waals surface area contributed by atoms with Crippen molar-refractivity contribution in [3.63, 3.8) is 0 Å². The molecule has 0 bridgehead atoms. The molecule has 1 heterocycles. The highest BCUT2D eigenvalue weighted by Gasteiger charge is 2.38. The van der Waals surface area contributed by atoms with Crippen LogP contribution in [0.1, 0.15) is 43.7 Å². The van der Waals surface area contributed by atoms with Gasteiger partial charge in [-0.3, -0.25) is 9.59 Å². The number of esters is 1. The van der Waals surface area contributed by atoms with E-state index in [-0.39, 0.29) is 42.4 Å². The Labute approximate surface area is 182 Å². The van der Waals surface area contributed by atoms with Crippen molar-refractivity contribution in [1.82, 2.24) is 0 Å². The molecule has 164 valence electrons. The standard InChI is InChI=1S/C25H28FNO4/c1-16(2)27-22-7-5-4-6-21(22)25(17-8-10-18(26)11-9-17)23(27)13-12-19(28)14-20(29)15-24(30)31-3/h4-13,16,19,23,25,28H,14-15H2,1-3H3/b13-12+/t19-,23+,25-/m0/s1. The highest BCUT2D eigenvalue weighted by molar-refractivity contribution is 5.95. The Balaban J connectivity index is 1.89. The first-order valence-corrected chi connectivity index (χ1v) is 10.4. The molecular weight excluding hydrogens is 397 g/mol. The summed E-state index contributed by atoms with van der Waals surface area (Å²) in [6.45, 7) is 4.20. The first-order chi connectivity index (χ1) is 14.8. The quantitative estimate of drug-likeness (QED) is 0.394. The van der Waals surface area contributed by atoms with Crippen molar-refractivity contribution in [3.05, 3.63) is 77.6 Å². The Hall–Kier alpha value is -2.99. The smallest absolute Gasteiger partial charge is 0.313 e. The van der Waals surface area contributed by atoms with Gasteiger partial charge in [-0.1, -0.05) is 42.5 Å². The molecule has 0 saturated heterocycles. The second-order valence-electron chi connectivity index (χ2n) is 8.03. The largest absolute Gasteiger partial charge is 0.469 e. The fraction of sp³-hybridized carbons (Fsp3) is 0.360. The van der Waals surface area contributed by atoms with Crippen LogP contribution in [0.4, 0.5) is 10.1 Å². The Kier molecular flexibility index (Phi) is 7.23. The number of carbonyl (C=O) groups is 2. The van der Waals surface area contributed by atoms with Gasteiger partial charge in [-0.15, -0.1) is 0 Å². The average molecular weight is 426 g/mol. The van der Waals surface area contributed by atoms with E-state index in [1.54, 1.807) is 18.2 Å². The van der Waals surface area contributed by atoms with Gasteiger partial charge in [0.05, 0.1) is 19.3 Å². The molecule has 5 nitrogen and oxygen atoms in total. The average Bonchev–Trinajstić information content (AvgIpc) is 3.07. The van der Waals surface area contributed by atoms with Crippen molar-refractivity contribution in [3.8, 4) is 0 Å². The fourth-order valence-electron chi connectivity index (χ4n) is 4.21. The molecule has 31 heavy (non-hydrogen) atoms. The number of rotatable bonds is 8. The van der Waals surface area contributed by atoms with Gasteiger partial charge in [0.1, 0.15) is 18.0 Å². The molecule has 2 aromatic carbocycles. The van der Waals surface area contributed by atoms with Gasteiger partial charge in [-0.25, -0.2) is 4.39 Å². The number of nitrogens with zero attached hydrogens (tertiary/aromatic N) is 1. The normalized spacial score (nSPS) is 19.0. The molecule has 0 aromatic heterocycles. The van der Waals surface area contributed by atoms with E-state index in [1.165, 1.54) is 19.2 Å². The van der Waals surface area contributed by atoms with Crippen LogP contribution in [0.3, 0.4) is 0 Å². The zero-order valence-electron chi connectivity index (χ0n) is 18.0. The fourth-order valence-corrected chi connectivity index (χ4v) is 4.21. The number of fused-ring (bicyclic) bond motifs is 1. The van der Waals surface area contributed by atoms with Gasteiger partial charge in [-0.05, 0) is 43.2 Å². The molecular formula is C25H28FNO4. The van der Waals surface area contributed by atoms with Crippen LogP contribution in [0, 0.1) is 5.82 Å². The van der Waals surface area contributed by atoms with Crippen LogP contribution in [0.15, 0.2) is 60.7 Å². The molecule has 1 N–H and O–H groups in total. The lowest BCUT2D eigenvalue weighted by molar-refractivity contribution is -0.143. The number of aliphatic hydroxyl groups excluding tert-OH is 1. The van der Waals surface area contributed by atoms with E-state index in [1.807, 2.05) is 18.2 Å². The summed E-state index contributed by atoms with van der Waals surface area (Å²) in [5.74, 6) is -1.33. The number of para-hydroxylation sites is 1. The van der Waals surface area contributed by atoms with Crippen molar-refractivity contribution in [1.29, 1.82) is 0 Å². The molecule has 3 atom stereocenters. The predicted octanol–water partition coefficient (Wildman–Crippen LogP) is 3.99. The number of ether oxygens (including phenoxy) is 1. The van der Waals surface area contributed by atoms with Crippen LogP contribution in [0.2, 0.25) is 0 Å². The summed E-state index contributed by atoms with van der Waals surface area (Å²) in [5.41, 5.74) is 3.20. The number of carbonyl (C=O) groups excluding carboxylic acids is 2. The molecule has 0 spiro atoms. The number of aliphatic hydroxyl groups is 1. The predicted molar refractivity (Wildman–Crippen MR) is 117 cm³/mol. The van der Waals surface area contributed by atoms with Gasteiger partial charge in [0.25, 0.3) is 0 Å². The number of methoxy groups -OCH3 is 1. The Morgan fingerprint density at radius 1 is 1.16 bits per heavy atom. The molecule has 0 amide bonds. The van der Waals surface area contributed by atoms with E-state index in [0.717, 1.165) is 16.8 Å². The van der Waals surface area contributed by atoms with Crippen LogP contribution in [0.5, 0.6) is 0 Å². The zero-order chi connectivity index (χ0) is 22.5. The van der Waals surface area contributed by atoms with Gasteiger partial charge in [0.15, 0.2) is 0 Å². The lowest BCUT2D eigenvalue weighted by atomic mass is 9.87. The summed E-state index contributed by atoms with van der Waals surface area (Å²) < 4.78 is 18.0. The molecule has 3 rings (SSSR count).